The van der Waals surface area contributed by atoms with Gasteiger partial charge in [-0.05, 0) is 24.8 Å². The van der Waals surface area contributed by atoms with E-state index in [9.17, 15) is 9.59 Å². The Kier molecular flexibility index (Phi) is 5.19. The minimum Gasteiger partial charge on any atom is -0.364 e. The van der Waals surface area contributed by atoms with E-state index >= 15 is 0 Å². The van der Waals surface area contributed by atoms with Crippen LogP contribution in [-0.2, 0) is 20.9 Å². The lowest BCUT2D eigenvalue weighted by atomic mass is 10.2. The molecule has 0 aromatic heterocycles. The van der Waals surface area contributed by atoms with Crippen LogP contribution in [0.2, 0.25) is 0 Å². The average molecular weight is 330 g/mol. The molecular formula is C19H26N2O3. The average Bonchev–Trinajstić information content (AvgIpc) is 3.36. The molecule has 5 heteroatoms. The number of rotatable bonds is 5. The molecule has 1 aliphatic carbocycles. The number of hydrogen-bond acceptors (Lipinski definition) is 3. The van der Waals surface area contributed by atoms with Crippen molar-refractivity contribution in [3.8, 4) is 0 Å². The molecule has 0 N–H and O–H groups in total. The molecule has 1 aromatic carbocycles. The van der Waals surface area contributed by atoms with Crippen molar-refractivity contribution < 1.29 is 14.3 Å². The van der Waals surface area contributed by atoms with Crippen LogP contribution in [-0.4, -0.2) is 53.9 Å². The van der Waals surface area contributed by atoms with Crippen LogP contribution in [0.5, 0.6) is 0 Å². The van der Waals surface area contributed by atoms with E-state index in [1.807, 2.05) is 40.1 Å². The second kappa shape index (κ2) is 7.34. The van der Waals surface area contributed by atoms with Crippen molar-refractivity contribution in [2.24, 2.45) is 11.8 Å². The van der Waals surface area contributed by atoms with Gasteiger partial charge in [0.25, 0.3) is 5.91 Å². The van der Waals surface area contributed by atoms with Crippen LogP contribution in [0.4, 0.5) is 0 Å². The van der Waals surface area contributed by atoms with Gasteiger partial charge in [0.15, 0.2) is 0 Å². The predicted molar refractivity (Wildman–Crippen MR) is 91.1 cm³/mol. The molecule has 0 bridgehead atoms. The normalized spacial score (nSPS) is 24.6. The van der Waals surface area contributed by atoms with Crippen LogP contribution in [0.25, 0.3) is 0 Å². The topological polar surface area (TPSA) is 49.9 Å². The predicted octanol–water partition coefficient (Wildman–Crippen LogP) is 1.92. The summed E-state index contributed by atoms with van der Waals surface area (Å²) in [7, 11) is 0. The third-order valence-electron chi connectivity index (χ3n) is 5.02. The third kappa shape index (κ3) is 3.96. The van der Waals surface area contributed by atoms with Gasteiger partial charge in [-0.2, -0.15) is 0 Å². The molecule has 2 aliphatic rings. The monoisotopic (exact) mass is 330 g/mol. The summed E-state index contributed by atoms with van der Waals surface area (Å²) in [6, 6.07) is 9.85. The second-order valence-electron chi connectivity index (χ2n) is 6.91. The van der Waals surface area contributed by atoms with Crippen molar-refractivity contribution in [2.45, 2.75) is 33.0 Å². The molecule has 1 saturated carbocycles. The van der Waals surface area contributed by atoms with E-state index in [-0.39, 0.29) is 17.7 Å². The zero-order valence-electron chi connectivity index (χ0n) is 14.5. The Labute approximate surface area is 143 Å². The van der Waals surface area contributed by atoms with E-state index in [0.29, 0.717) is 38.7 Å². The Hall–Kier alpha value is -1.88. The molecule has 130 valence electrons. The number of amides is 2. The fourth-order valence-corrected chi connectivity index (χ4v) is 3.17. The van der Waals surface area contributed by atoms with Gasteiger partial charge in [-0.3, -0.25) is 9.59 Å². The van der Waals surface area contributed by atoms with Crippen LogP contribution < -0.4 is 0 Å². The van der Waals surface area contributed by atoms with Gasteiger partial charge in [0, 0.05) is 32.1 Å². The number of piperazine rings is 1. The van der Waals surface area contributed by atoms with Crippen molar-refractivity contribution in [3.05, 3.63) is 35.9 Å². The smallest absolute Gasteiger partial charge is 0.251 e. The van der Waals surface area contributed by atoms with Gasteiger partial charge in [-0.1, -0.05) is 37.3 Å². The highest BCUT2D eigenvalue weighted by Gasteiger charge is 2.42. The zero-order valence-corrected chi connectivity index (χ0v) is 14.5. The molecule has 1 aromatic rings. The van der Waals surface area contributed by atoms with Gasteiger partial charge >= 0.3 is 0 Å². The number of nitrogens with zero attached hydrogens (tertiary/aromatic N) is 2. The minimum absolute atomic E-state index is 0.0119. The molecule has 1 aliphatic heterocycles. The molecule has 3 unspecified atom stereocenters. The quantitative estimate of drug-likeness (QED) is 0.829. The SMILES string of the molecule is CC(OCc1ccccc1)C(=O)N1CCN(C(=O)C2CC2C)CC1. The van der Waals surface area contributed by atoms with Crippen LogP contribution in [0.15, 0.2) is 30.3 Å². The molecule has 1 saturated heterocycles. The first-order valence-electron chi connectivity index (χ1n) is 8.79. The van der Waals surface area contributed by atoms with Crippen LogP contribution >= 0.6 is 0 Å². The minimum atomic E-state index is -0.462. The first-order chi connectivity index (χ1) is 11.6. The van der Waals surface area contributed by atoms with Crippen molar-refractivity contribution >= 4 is 11.8 Å². The molecule has 0 radical (unpaired) electrons. The second-order valence-corrected chi connectivity index (χ2v) is 6.91. The van der Waals surface area contributed by atoms with Crippen molar-refractivity contribution in [2.75, 3.05) is 26.2 Å². The third-order valence-corrected chi connectivity index (χ3v) is 5.02. The molecule has 24 heavy (non-hydrogen) atoms. The van der Waals surface area contributed by atoms with Gasteiger partial charge < -0.3 is 14.5 Å². The summed E-state index contributed by atoms with van der Waals surface area (Å²) in [5.41, 5.74) is 1.06. The molecule has 1 heterocycles. The summed E-state index contributed by atoms with van der Waals surface area (Å²) in [6.07, 6.45) is 0.554. The maximum absolute atomic E-state index is 12.5. The van der Waals surface area contributed by atoms with E-state index in [1.165, 1.54) is 0 Å². The van der Waals surface area contributed by atoms with E-state index in [4.69, 9.17) is 4.74 Å². The van der Waals surface area contributed by atoms with Gasteiger partial charge in [0.2, 0.25) is 5.91 Å². The van der Waals surface area contributed by atoms with Crippen LogP contribution in [0, 0.1) is 11.8 Å². The molecule has 3 rings (SSSR count). The molecule has 0 spiro atoms. The number of ether oxygens (including phenoxy) is 1. The Bertz CT molecular complexity index is 582. The van der Waals surface area contributed by atoms with Crippen LogP contribution in [0.3, 0.4) is 0 Å². The Morgan fingerprint density at radius 3 is 2.29 bits per heavy atom. The highest BCUT2D eigenvalue weighted by molar-refractivity contribution is 5.83. The van der Waals surface area contributed by atoms with Gasteiger partial charge in [0.05, 0.1) is 6.61 Å². The molecule has 2 amide bonds. The fourth-order valence-electron chi connectivity index (χ4n) is 3.17. The summed E-state index contributed by atoms with van der Waals surface area (Å²) in [6.45, 7) is 6.84. The number of carbonyl (C=O) groups is 2. The van der Waals surface area contributed by atoms with Crippen molar-refractivity contribution in [1.29, 1.82) is 0 Å². The van der Waals surface area contributed by atoms with E-state index in [2.05, 4.69) is 6.92 Å². The molecular weight excluding hydrogens is 304 g/mol. The fraction of sp³-hybridized carbons (Fsp3) is 0.579. The largest absolute Gasteiger partial charge is 0.364 e. The van der Waals surface area contributed by atoms with Crippen molar-refractivity contribution in [3.63, 3.8) is 0 Å². The summed E-state index contributed by atoms with van der Waals surface area (Å²) >= 11 is 0. The van der Waals surface area contributed by atoms with Gasteiger partial charge in [0.1, 0.15) is 6.10 Å². The highest BCUT2D eigenvalue weighted by Crippen LogP contribution is 2.39. The van der Waals surface area contributed by atoms with Gasteiger partial charge in [-0.15, -0.1) is 0 Å². The standard InChI is InChI=1S/C19H26N2O3/c1-14-12-17(14)19(23)21-10-8-20(9-11-21)18(22)15(2)24-13-16-6-4-3-5-7-16/h3-7,14-15,17H,8-13H2,1-2H3. The van der Waals surface area contributed by atoms with Crippen LogP contribution in [0.1, 0.15) is 25.8 Å². The van der Waals surface area contributed by atoms with Gasteiger partial charge in [-0.25, -0.2) is 0 Å². The number of hydrogen-bond donors (Lipinski definition) is 0. The Morgan fingerprint density at radius 1 is 1.12 bits per heavy atom. The van der Waals surface area contributed by atoms with E-state index in [1.54, 1.807) is 6.92 Å². The summed E-state index contributed by atoms with van der Waals surface area (Å²) < 4.78 is 5.71. The lowest BCUT2D eigenvalue weighted by Crippen LogP contribution is -2.53. The number of carbonyl (C=O) groups excluding carboxylic acids is 2. The molecule has 3 atom stereocenters. The van der Waals surface area contributed by atoms with E-state index in [0.717, 1.165) is 12.0 Å². The lowest BCUT2D eigenvalue weighted by molar-refractivity contribution is -0.148. The summed E-state index contributed by atoms with van der Waals surface area (Å²) in [5.74, 6) is 1.03. The Morgan fingerprint density at radius 2 is 1.71 bits per heavy atom. The van der Waals surface area contributed by atoms with Crippen molar-refractivity contribution in [1.82, 2.24) is 9.80 Å². The first-order valence-corrected chi connectivity index (χ1v) is 8.79. The maximum atomic E-state index is 12.5. The summed E-state index contributed by atoms with van der Waals surface area (Å²) in [4.78, 5) is 28.5. The Balaban J connectivity index is 1.43. The molecule has 5 nitrogen and oxygen atoms in total. The zero-order chi connectivity index (χ0) is 17.1. The summed E-state index contributed by atoms with van der Waals surface area (Å²) in [5, 5.41) is 0. The molecule has 2 fully saturated rings. The maximum Gasteiger partial charge on any atom is 0.251 e. The lowest BCUT2D eigenvalue weighted by Gasteiger charge is -2.36. The van der Waals surface area contributed by atoms with E-state index < -0.39 is 6.10 Å². The first kappa shape index (κ1) is 17.0. The highest BCUT2D eigenvalue weighted by atomic mass is 16.5. The number of benzene rings is 1.